The first-order valence-corrected chi connectivity index (χ1v) is 8.32. The van der Waals surface area contributed by atoms with Gasteiger partial charge in [0, 0.05) is 12.6 Å². The number of rotatable bonds is 7. The fourth-order valence-electron chi connectivity index (χ4n) is 2.22. The van der Waals surface area contributed by atoms with E-state index in [0.717, 1.165) is 32.2 Å². The summed E-state index contributed by atoms with van der Waals surface area (Å²) in [4.78, 5) is 0. The summed E-state index contributed by atoms with van der Waals surface area (Å²) >= 11 is 0. The van der Waals surface area contributed by atoms with Gasteiger partial charge in [-0.2, -0.15) is 0 Å². The van der Waals surface area contributed by atoms with Crippen LogP contribution < -0.4 is 10.0 Å². The maximum Gasteiger partial charge on any atom is 0.215 e. The molecule has 17 heavy (non-hydrogen) atoms. The largest absolute Gasteiger partial charge is 0.315 e. The third-order valence-electron chi connectivity index (χ3n) is 3.30. The van der Waals surface area contributed by atoms with Gasteiger partial charge in [-0.1, -0.05) is 26.2 Å². The van der Waals surface area contributed by atoms with Crippen molar-refractivity contribution in [3.63, 3.8) is 0 Å². The molecule has 0 amide bonds. The summed E-state index contributed by atoms with van der Waals surface area (Å²) in [6.07, 6.45) is 6.12. The lowest BCUT2D eigenvalue weighted by molar-refractivity contribution is 0.476. The first-order chi connectivity index (χ1) is 8.06. The van der Waals surface area contributed by atoms with Gasteiger partial charge in [0.25, 0.3) is 0 Å². The van der Waals surface area contributed by atoms with E-state index < -0.39 is 10.0 Å². The lowest BCUT2D eigenvalue weighted by Crippen LogP contribution is -2.46. The quantitative estimate of drug-likeness (QED) is 0.686. The number of piperidine rings is 1. The second-order valence-electron chi connectivity index (χ2n) is 5.03. The van der Waals surface area contributed by atoms with Gasteiger partial charge in [0.15, 0.2) is 0 Å². The number of unbranched alkanes of at least 4 members (excludes halogenated alkanes) is 2. The van der Waals surface area contributed by atoms with Crippen LogP contribution in [-0.2, 0) is 10.0 Å². The van der Waals surface area contributed by atoms with Gasteiger partial charge in [-0.3, -0.25) is 0 Å². The summed E-state index contributed by atoms with van der Waals surface area (Å²) < 4.78 is 27.0. The standard InChI is InChI=1S/C12H26N2O2S/c1-3-4-5-7-11(2)14-17(15,16)12-8-6-9-13-10-12/h11-14H,3-10H2,1-2H3. The van der Waals surface area contributed by atoms with E-state index in [-0.39, 0.29) is 11.3 Å². The highest BCUT2D eigenvalue weighted by atomic mass is 32.2. The van der Waals surface area contributed by atoms with Gasteiger partial charge in [0.05, 0.1) is 5.25 Å². The zero-order valence-corrected chi connectivity index (χ0v) is 11.9. The van der Waals surface area contributed by atoms with Crippen LogP contribution in [0, 0.1) is 0 Å². The lowest BCUT2D eigenvalue weighted by atomic mass is 10.1. The van der Waals surface area contributed by atoms with Gasteiger partial charge < -0.3 is 5.32 Å². The van der Waals surface area contributed by atoms with Crippen molar-refractivity contribution in [1.29, 1.82) is 0 Å². The number of hydrogen-bond donors (Lipinski definition) is 2. The van der Waals surface area contributed by atoms with Gasteiger partial charge in [-0.25, -0.2) is 13.1 Å². The summed E-state index contributed by atoms with van der Waals surface area (Å²) in [7, 11) is -3.13. The molecule has 1 saturated heterocycles. The molecule has 0 aromatic heterocycles. The molecule has 0 saturated carbocycles. The van der Waals surface area contributed by atoms with Crippen molar-refractivity contribution in [2.45, 2.75) is 63.7 Å². The Morgan fingerprint density at radius 3 is 2.76 bits per heavy atom. The molecule has 2 N–H and O–H groups in total. The van der Waals surface area contributed by atoms with Gasteiger partial charge in [-0.05, 0) is 32.7 Å². The molecular weight excluding hydrogens is 236 g/mol. The minimum Gasteiger partial charge on any atom is -0.315 e. The molecule has 0 spiro atoms. The van der Waals surface area contributed by atoms with Crippen LogP contribution in [0.3, 0.4) is 0 Å². The highest BCUT2D eigenvalue weighted by Gasteiger charge is 2.27. The molecule has 1 fully saturated rings. The van der Waals surface area contributed by atoms with Gasteiger partial charge in [-0.15, -0.1) is 0 Å². The van der Waals surface area contributed by atoms with E-state index >= 15 is 0 Å². The first kappa shape index (κ1) is 14.9. The Morgan fingerprint density at radius 1 is 1.41 bits per heavy atom. The highest BCUT2D eigenvalue weighted by molar-refractivity contribution is 7.90. The third kappa shape index (κ3) is 5.36. The van der Waals surface area contributed by atoms with Crippen LogP contribution in [0.2, 0.25) is 0 Å². The van der Waals surface area contributed by atoms with Crippen molar-refractivity contribution in [2.24, 2.45) is 0 Å². The van der Waals surface area contributed by atoms with Crippen LogP contribution in [0.15, 0.2) is 0 Å². The van der Waals surface area contributed by atoms with Crippen molar-refractivity contribution in [3.05, 3.63) is 0 Å². The predicted molar refractivity (Wildman–Crippen MR) is 71.6 cm³/mol. The van der Waals surface area contributed by atoms with E-state index in [1.807, 2.05) is 6.92 Å². The smallest absolute Gasteiger partial charge is 0.215 e. The fourth-order valence-corrected chi connectivity index (χ4v) is 3.91. The van der Waals surface area contributed by atoms with Crippen LogP contribution >= 0.6 is 0 Å². The van der Waals surface area contributed by atoms with Crippen molar-refractivity contribution < 1.29 is 8.42 Å². The van der Waals surface area contributed by atoms with E-state index in [9.17, 15) is 8.42 Å². The number of hydrogen-bond acceptors (Lipinski definition) is 3. The van der Waals surface area contributed by atoms with Crippen molar-refractivity contribution in [1.82, 2.24) is 10.0 Å². The molecule has 0 aromatic carbocycles. The normalized spacial score (nSPS) is 23.5. The van der Waals surface area contributed by atoms with E-state index in [2.05, 4.69) is 17.0 Å². The SMILES string of the molecule is CCCCCC(C)NS(=O)(=O)C1CCCNC1. The monoisotopic (exact) mass is 262 g/mol. The molecule has 0 aromatic rings. The summed E-state index contributed by atoms with van der Waals surface area (Å²) in [6, 6.07) is 0.0634. The second-order valence-corrected chi connectivity index (χ2v) is 7.02. The fraction of sp³-hybridized carbons (Fsp3) is 1.00. The third-order valence-corrected chi connectivity index (χ3v) is 5.31. The second kappa shape index (κ2) is 7.34. The van der Waals surface area contributed by atoms with Crippen LogP contribution in [0.4, 0.5) is 0 Å². The van der Waals surface area contributed by atoms with Crippen LogP contribution in [0.1, 0.15) is 52.4 Å². The van der Waals surface area contributed by atoms with Crippen molar-refractivity contribution >= 4 is 10.0 Å². The Hall–Kier alpha value is -0.130. The average Bonchev–Trinajstić information content (AvgIpc) is 2.30. The molecular formula is C12H26N2O2S. The summed E-state index contributed by atoms with van der Waals surface area (Å²) in [5.41, 5.74) is 0. The Kier molecular flexibility index (Phi) is 6.44. The van der Waals surface area contributed by atoms with Crippen LogP contribution in [-0.4, -0.2) is 32.8 Å². The van der Waals surface area contributed by atoms with Crippen LogP contribution in [0.5, 0.6) is 0 Å². The molecule has 1 heterocycles. The maximum atomic E-state index is 12.1. The van der Waals surface area contributed by atoms with Crippen molar-refractivity contribution in [3.8, 4) is 0 Å². The number of sulfonamides is 1. The Balaban J connectivity index is 2.36. The molecule has 0 bridgehead atoms. The van der Waals surface area contributed by atoms with Crippen LogP contribution in [0.25, 0.3) is 0 Å². The minimum atomic E-state index is -3.13. The minimum absolute atomic E-state index is 0.0634. The molecule has 0 aliphatic carbocycles. The number of nitrogens with one attached hydrogen (secondary N) is 2. The van der Waals surface area contributed by atoms with Gasteiger partial charge in [0.1, 0.15) is 0 Å². The molecule has 1 aliphatic rings. The van der Waals surface area contributed by atoms with E-state index in [1.54, 1.807) is 0 Å². The van der Waals surface area contributed by atoms with E-state index in [4.69, 9.17) is 0 Å². The van der Waals surface area contributed by atoms with Crippen molar-refractivity contribution in [2.75, 3.05) is 13.1 Å². The Labute approximate surface area is 106 Å². The predicted octanol–water partition coefficient (Wildman–Crippen LogP) is 1.63. The molecule has 0 radical (unpaired) electrons. The molecule has 1 aliphatic heterocycles. The summed E-state index contributed by atoms with van der Waals surface area (Å²) in [6.45, 7) is 5.65. The average molecular weight is 262 g/mol. The molecule has 5 heteroatoms. The summed E-state index contributed by atoms with van der Waals surface area (Å²) in [5, 5.41) is 2.90. The maximum absolute atomic E-state index is 12.1. The van der Waals surface area contributed by atoms with E-state index in [0.29, 0.717) is 6.54 Å². The zero-order chi connectivity index (χ0) is 12.7. The Bertz CT molecular complexity index is 298. The summed E-state index contributed by atoms with van der Waals surface area (Å²) in [5.74, 6) is 0. The Morgan fingerprint density at radius 2 is 2.18 bits per heavy atom. The molecule has 4 nitrogen and oxygen atoms in total. The molecule has 2 unspecified atom stereocenters. The van der Waals surface area contributed by atoms with Gasteiger partial charge in [0.2, 0.25) is 10.0 Å². The lowest BCUT2D eigenvalue weighted by Gasteiger charge is -2.25. The van der Waals surface area contributed by atoms with E-state index in [1.165, 1.54) is 12.8 Å². The first-order valence-electron chi connectivity index (χ1n) is 6.78. The van der Waals surface area contributed by atoms with Gasteiger partial charge >= 0.3 is 0 Å². The zero-order valence-electron chi connectivity index (χ0n) is 11.0. The molecule has 1 rings (SSSR count). The highest BCUT2D eigenvalue weighted by Crippen LogP contribution is 2.12. The topological polar surface area (TPSA) is 58.2 Å². The molecule has 102 valence electrons. The molecule has 2 atom stereocenters.